The Bertz CT molecular complexity index is 849. The fourth-order valence-corrected chi connectivity index (χ4v) is 3.22. The molecule has 24 heavy (non-hydrogen) atoms. The van der Waals surface area contributed by atoms with Gasteiger partial charge in [0.15, 0.2) is 5.16 Å². The molecule has 0 bridgehead atoms. The lowest BCUT2D eigenvalue weighted by Crippen LogP contribution is -1.95. The van der Waals surface area contributed by atoms with Crippen LogP contribution in [0.3, 0.4) is 0 Å². The standard InChI is InChI=1S/C20H20N2OS/c1-14-6-4-8-17(10-14)13-24-20-21-16(3)12-19(22-20)23-18-9-5-7-15(2)11-18/h4-12H,13H2,1-3H3. The highest BCUT2D eigenvalue weighted by Gasteiger charge is 2.06. The highest BCUT2D eigenvalue weighted by Crippen LogP contribution is 2.25. The number of aromatic nitrogens is 2. The van der Waals surface area contributed by atoms with Gasteiger partial charge in [0.25, 0.3) is 0 Å². The monoisotopic (exact) mass is 336 g/mol. The molecule has 4 heteroatoms. The molecule has 0 fully saturated rings. The van der Waals surface area contributed by atoms with Gasteiger partial charge in [-0.15, -0.1) is 0 Å². The van der Waals surface area contributed by atoms with E-state index in [1.165, 1.54) is 11.1 Å². The Kier molecular flexibility index (Phi) is 5.16. The molecule has 122 valence electrons. The smallest absolute Gasteiger partial charge is 0.223 e. The zero-order chi connectivity index (χ0) is 16.9. The third kappa shape index (κ3) is 4.59. The molecule has 3 nitrogen and oxygen atoms in total. The first-order valence-electron chi connectivity index (χ1n) is 7.87. The molecule has 0 aliphatic heterocycles. The van der Waals surface area contributed by atoms with E-state index in [2.05, 4.69) is 41.2 Å². The van der Waals surface area contributed by atoms with Gasteiger partial charge in [0.2, 0.25) is 5.88 Å². The quantitative estimate of drug-likeness (QED) is 0.456. The summed E-state index contributed by atoms with van der Waals surface area (Å²) in [6.45, 7) is 6.11. The Labute approximate surface area is 147 Å². The molecule has 0 atom stereocenters. The number of ether oxygens (including phenoxy) is 1. The third-order valence-corrected chi connectivity index (χ3v) is 4.39. The van der Waals surface area contributed by atoms with Crippen molar-refractivity contribution in [1.82, 2.24) is 9.97 Å². The number of benzene rings is 2. The molecular formula is C20H20N2OS. The summed E-state index contributed by atoms with van der Waals surface area (Å²) in [5.74, 6) is 2.22. The van der Waals surface area contributed by atoms with Crippen LogP contribution in [0, 0.1) is 20.8 Å². The summed E-state index contributed by atoms with van der Waals surface area (Å²) in [6.07, 6.45) is 0. The second kappa shape index (κ2) is 7.49. The van der Waals surface area contributed by atoms with Crippen LogP contribution in [-0.2, 0) is 5.75 Å². The predicted octanol–water partition coefficient (Wildman–Crippen LogP) is 5.49. The molecule has 3 rings (SSSR count). The minimum absolute atomic E-state index is 0.583. The van der Waals surface area contributed by atoms with Gasteiger partial charge in [-0.1, -0.05) is 53.7 Å². The minimum atomic E-state index is 0.583. The maximum atomic E-state index is 5.89. The number of aryl methyl sites for hydroxylation is 3. The number of rotatable bonds is 5. The average Bonchev–Trinajstić information content (AvgIpc) is 2.52. The van der Waals surface area contributed by atoms with Gasteiger partial charge in [-0.25, -0.2) is 4.98 Å². The fourth-order valence-electron chi connectivity index (χ4n) is 2.38. The first-order chi connectivity index (χ1) is 11.6. The van der Waals surface area contributed by atoms with E-state index in [9.17, 15) is 0 Å². The van der Waals surface area contributed by atoms with E-state index in [-0.39, 0.29) is 0 Å². The van der Waals surface area contributed by atoms with Crippen LogP contribution in [0.4, 0.5) is 0 Å². The van der Waals surface area contributed by atoms with Gasteiger partial charge in [0, 0.05) is 17.5 Å². The van der Waals surface area contributed by atoms with Crippen molar-refractivity contribution >= 4 is 11.8 Å². The molecule has 0 spiro atoms. The van der Waals surface area contributed by atoms with Crippen molar-refractivity contribution in [3.05, 3.63) is 77.0 Å². The van der Waals surface area contributed by atoms with Crippen molar-refractivity contribution in [3.63, 3.8) is 0 Å². The summed E-state index contributed by atoms with van der Waals surface area (Å²) in [4.78, 5) is 9.03. The molecule has 0 radical (unpaired) electrons. The third-order valence-electron chi connectivity index (χ3n) is 3.47. The Balaban J connectivity index is 1.73. The van der Waals surface area contributed by atoms with E-state index in [0.29, 0.717) is 5.88 Å². The Morgan fingerprint density at radius 2 is 1.62 bits per heavy atom. The largest absolute Gasteiger partial charge is 0.439 e. The summed E-state index contributed by atoms with van der Waals surface area (Å²) in [5, 5.41) is 0.735. The molecule has 0 amide bonds. The average molecular weight is 336 g/mol. The van der Waals surface area contributed by atoms with Gasteiger partial charge in [-0.2, -0.15) is 4.98 Å². The van der Waals surface area contributed by atoms with Gasteiger partial charge >= 0.3 is 0 Å². The van der Waals surface area contributed by atoms with E-state index in [1.807, 2.05) is 44.2 Å². The topological polar surface area (TPSA) is 35.0 Å². The van der Waals surface area contributed by atoms with Crippen molar-refractivity contribution in [3.8, 4) is 11.6 Å². The molecule has 0 unspecified atom stereocenters. The van der Waals surface area contributed by atoms with Crippen molar-refractivity contribution in [2.45, 2.75) is 31.7 Å². The molecule has 0 saturated carbocycles. The lowest BCUT2D eigenvalue weighted by Gasteiger charge is -2.08. The summed E-state index contributed by atoms with van der Waals surface area (Å²) < 4.78 is 5.89. The molecule has 0 N–H and O–H groups in total. The Morgan fingerprint density at radius 3 is 2.38 bits per heavy atom. The molecule has 0 saturated heterocycles. The maximum Gasteiger partial charge on any atom is 0.223 e. The van der Waals surface area contributed by atoms with E-state index >= 15 is 0 Å². The lowest BCUT2D eigenvalue weighted by molar-refractivity contribution is 0.454. The second-order valence-corrected chi connectivity index (χ2v) is 6.77. The van der Waals surface area contributed by atoms with E-state index in [4.69, 9.17) is 4.74 Å². The van der Waals surface area contributed by atoms with Crippen molar-refractivity contribution in [1.29, 1.82) is 0 Å². The number of hydrogen-bond donors (Lipinski definition) is 0. The molecule has 0 aliphatic carbocycles. The number of nitrogens with zero attached hydrogens (tertiary/aromatic N) is 2. The van der Waals surface area contributed by atoms with Gasteiger partial charge in [-0.05, 0) is 44.0 Å². The van der Waals surface area contributed by atoms with Crippen molar-refractivity contribution < 1.29 is 4.74 Å². The lowest BCUT2D eigenvalue weighted by atomic mass is 10.2. The summed E-state index contributed by atoms with van der Waals surface area (Å²) in [7, 11) is 0. The predicted molar refractivity (Wildman–Crippen MR) is 98.8 cm³/mol. The molecule has 1 aromatic heterocycles. The van der Waals surface area contributed by atoms with Gasteiger partial charge in [-0.3, -0.25) is 0 Å². The highest BCUT2D eigenvalue weighted by atomic mass is 32.2. The zero-order valence-electron chi connectivity index (χ0n) is 14.1. The van der Waals surface area contributed by atoms with Gasteiger partial charge in [0.1, 0.15) is 5.75 Å². The van der Waals surface area contributed by atoms with Crippen LogP contribution in [0.25, 0.3) is 0 Å². The number of thioether (sulfide) groups is 1. The summed E-state index contributed by atoms with van der Waals surface area (Å²) in [5.41, 5.74) is 4.60. The van der Waals surface area contributed by atoms with E-state index in [1.54, 1.807) is 11.8 Å². The molecular weight excluding hydrogens is 316 g/mol. The van der Waals surface area contributed by atoms with E-state index < -0.39 is 0 Å². The first kappa shape index (κ1) is 16.5. The molecule has 2 aromatic carbocycles. The molecule has 1 heterocycles. The van der Waals surface area contributed by atoms with Crippen LogP contribution in [0.1, 0.15) is 22.4 Å². The number of hydrogen-bond acceptors (Lipinski definition) is 4. The van der Waals surface area contributed by atoms with Crippen LogP contribution in [0.2, 0.25) is 0 Å². The Morgan fingerprint density at radius 1 is 0.875 bits per heavy atom. The summed E-state index contributed by atoms with van der Waals surface area (Å²) >= 11 is 1.62. The maximum absolute atomic E-state index is 5.89. The molecule has 0 aliphatic rings. The van der Waals surface area contributed by atoms with Gasteiger partial charge in [0.05, 0.1) is 0 Å². The summed E-state index contributed by atoms with van der Waals surface area (Å²) in [6, 6.07) is 18.3. The minimum Gasteiger partial charge on any atom is -0.439 e. The Hall–Kier alpha value is -2.33. The van der Waals surface area contributed by atoms with Crippen molar-refractivity contribution in [2.24, 2.45) is 0 Å². The van der Waals surface area contributed by atoms with Crippen molar-refractivity contribution in [2.75, 3.05) is 0 Å². The van der Waals surface area contributed by atoms with Crippen LogP contribution >= 0.6 is 11.8 Å². The SMILES string of the molecule is Cc1cccc(CSc2nc(C)cc(Oc3cccc(C)c3)n2)c1. The molecule has 3 aromatic rings. The van der Waals surface area contributed by atoms with E-state index in [0.717, 1.165) is 27.9 Å². The normalized spacial score (nSPS) is 10.6. The van der Waals surface area contributed by atoms with Crippen LogP contribution in [-0.4, -0.2) is 9.97 Å². The second-order valence-electron chi connectivity index (χ2n) is 5.83. The van der Waals surface area contributed by atoms with Crippen LogP contribution in [0.5, 0.6) is 11.6 Å². The zero-order valence-corrected chi connectivity index (χ0v) is 14.9. The van der Waals surface area contributed by atoms with Crippen LogP contribution in [0.15, 0.2) is 59.8 Å². The van der Waals surface area contributed by atoms with Crippen LogP contribution < -0.4 is 4.74 Å². The van der Waals surface area contributed by atoms with Gasteiger partial charge < -0.3 is 4.74 Å². The first-order valence-corrected chi connectivity index (χ1v) is 8.85. The fraction of sp³-hybridized carbons (Fsp3) is 0.200. The highest BCUT2D eigenvalue weighted by molar-refractivity contribution is 7.98.